The number of rotatable bonds is 3. The first kappa shape index (κ1) is 20.5. The molecule has 0 saturated carbocycles. The predicted octanol–water partition coefficient (Wildman–Crippen LogP) is 7.39. The Bertz CT molecular complexity index is 1850. The molecule has 0 amide bonds. The van der Waals surface area contributed by atoms with Gasteiger partial charge in [-0.15, -0.1) is 0 Å². The molecular weight excluding hydrogens is 542 g/mol. The molecule has 2 aromatic heterocycles. The average Bonchev–Trinajstić information content (AvgIpc) is 3.31. The van der Waals surface area contributed by atoms with Gasteiger partial charge in [0.2, 0.25) is 0 Å². The first-order valence-electron chi connectivity index (χ1n) is 11.5. The number of aromatic nitrogens is 3. The maximum atomic E-state index is 4.97. The van der Waals surface area contributed by atoms with E-state index in [1.54, 1.807) is 0 Å². The van der Waals surface area contributed by atoms with Gasteiger partial charge in [0, 0.05) is 0 Å². The molecule has 2 heterocycles. The van der Waals surface area contributed by atoms with Crippen molar-refractivity contribution in [3.63, 3.8) is 0 Å². The quantitative estimate of drug-likeness (QED) is 0.211. The second-order valence-electron chi connectivity index (χ2n) is 8.54. The van der Waals surface area contributed by atoms with Gasteiger partial charge in [-0.1, -0.05) is 0 Å². The van der Waals surface area contributed by atoms with Crippen molar-refractivity contribution in [3.8, 4) is 34.2 Å². The fraction of sp³-hybridized carbons (Fsp3) is 0. The Morgan fingerprint density at radius 1 is 0.400 bits per heavy atom. The summed E-state index contributed by atoms with van der Waals surface area (Å²) in [6.07, 6.45) is 0. The van der Waals surface area contributed by atoms with Gasteiger partial charge in [-0.2, -0.15) is 0 Å². The van der Waals surface area contributed by atoms with E-state index < -0.39 is 20.4 Å². The Morgan fingerprint density at radius 2 is 1.00 bits per heavy atom. The molecule has 0 spiro atoms. The molecule has 0 radical (unpaired) electrons. The summed E-state index contributed by atoms with van der Waals surface area (Å²) in [4.78, 5) is 14.8. The van der Waals surface area contributed by atoms with Crippen molar-refractivity contribution in [2.45, 2.75) is 0 Å². The molecule has 0 aliphatic rings. The van der Waals surface area contributed by atoms with Crippen molar-refractivity contribution < 1.29 is 0 Å². The Balaban J connectivity index is 1.43. The Morgan fingerprint density at radius 3 is 1.83 bits per heavy atom. The fourth-order valence-electron chi connectivity index (χ4n) is 4.54. The van der Waals surface area contributed by atoms with Crippen LogP contribution in [0.15, 0.2) is 115 Å². The predicted molar refractivity (Wildman–Crippen MR) is 146 cm³/mol. The molecule has 0 bridgehead atoms. The van der Waals surface area contributed by atoms with Crippen LogP contribution in [-0.2, 0) is 0 Å². The second kappa shape index (κ2) is 8.43. The van der Waals surface area contributed by atoms with Crippen LogP contribution in [0.1, 0.15) is 0 Å². The maximum absolute atomic E-state index is 4.97. The van der Waals surface area contributed by atoms with Gasteiger partial charge in [0.15, 0.2) is 0 Å². The van der Waals surface area contributed by atoms with Gasteiger partial charge in [-0.3, -0.25) is 0 Å². The first-order chi connectivity index (χ1) is 17.3. The van der Waals surface area contributed by atoms with Gasteiger partial charge in [0.25, 0.3) is 0 Å². The molecule has 35 heavy (non-hydrogen) atoms. The monoisotopic (exact) mass is 563 g/mol. The van der Waals surface area contributed by atoms with Gasteiger partial charge in [-0.05, 0) is 0 Å². The van der Waals surface area contributed by atoms with E-state index in [4.69, 9.17) is 15.0 Å². The van der Waals surface area contributed by atoms with Gasteiger partial charge in [0.05, 0.1) is 0 Å². The summed E-state index contributed by atoms with van der Waals surface area (Å²) in [6, 6.07) is 40.4. The summed E-state index contributed by atoms with van der Waals surface area (Å²) in [6.45, 7) is 0. The summed E-state index contributed by atoms with van der Waals surface area (Å²) >= 11 is -0.410. The van der Waals surface area contributed by atoms with Crippen LogP contribution >= 0.6 is 0 Å². The van der Waals surface area contributed by atoms with Crippen LogP contribution in [0.2, 0.25) is 0 Å². The fourth-order valence-corrected chi connectivity index (χ4v) is 7.81. The third-order valence-electron chi connectivity index (χ3n) is 6.31. The number of hydrogen-bond donors (Lipinski definition) is 0. The molecule has 7 rings (SSSR count). The van der Waals surface area contributed by atoms with Gasteiger partial charge in [-0.25, -0.2) is 0 Å². The summed E-state index contributed by atoms with van der Waals surface area (Å²) < 4.78 is 2.95. The minimum absolute atomic E-state index is 0.410. The normalized spacial score (nSPS) is 11.4. The third-order valence-corrected chi connectivity index (χ3v) is 9.55. The van der Waals surface area contributed by atoms with Gasteiger partial charge < -0.3 is 0 Å². The van der Waals surface area contributed by atoms with E-state index >= 15 is 0 Å². The molecule has 0 atom stereocenters. The van der Waals surface area contributed by atoms with Crippen LogP contribution in [0.3, 0.4) is 0 Å². The van der Waals surface area contributed by atoms with E-state index in [9.17, 15) is 0 Å². The Labute approximate surface area is 212 Å². The van der Waals surface area contributed by atoms with Gasteiger partial charge in [0.1, 0.15) is 0 Å². The van der Waals surface area contributed by atoms with Gasteiger partial charge >= 0.3 is 213 Å². The van der Waals surface area contributed by atoms with Crippen molar-refractivity contribution >= 4 is 48.8 Å². The van der Waals surface area contributed by atoms with Crippen LogP contribution in [-0.4, -0.2) is 35.4 Å². The molecule has 0 unspecified atom stereocenters. The van der Waals surface area contributed by atoms with Crippen LogP contribution < -0.4 is 0 Å². The number of benzene rings is 5. The van der Waals surface area contributed by atoms with Crippen molar-refractivity contribution in [1.82, 2.24) is 15.0 Å². The van der Waals surface area contributed by atoms with E-state index in [0.717, 1.165) is 16.7 Å². The molecule has 0 N–H and O–H groups in total. The first-order valence-corrected chi connectivity index (χ1v) is 13.9. The zero-order valence-corrected chi connectivity index (χ0v) is 21.0. The van der Waals surface area contributed by atoms with Crippen molar-refractivity contribution in [1.29, 1.82) is 0 Å². The number of fused-ring (bicyclic) bond motifs is 4. The molecule has 5 aromatic carbocycles. The molecule has 0 saturated heterocycles. The van der Waals surface area contributed by atoms with E-state index in [2.05, 4.69) is 97.1 Å². The minimum atomic E-state index is -0.410. The molecule has 0 fully saturated rings. The average molecular weight is 561 g/mol. The van der Waals surface area contributed by atoms with Crippen LogP contribution in [0.5, 0.6) is 0 Å². The molecule has 0 aliphatic heterocycles. The summed E-state index contributed by atoms with van der Waals surface area (Å²) in [5.41, 5.74) is 3.02. The Hall–Kier alpha value is -3.84. The van der Waals surface area contributed by atoms with E-state index in [1.807, 2.05) is 18.2 Å². The van der Waals surface area contributed by atoms with Crippen LogP contribution in [0.25, 0.3) is 62.5 Å². The zero-order valence-electron chi connectivity index (χ0n) is 18.7. The summed E-state index contributed by atoms with van der Waals surface area (Å²) in [7, 11) is 0. The SMILES string of the molecule is c1ccc(-c2nc(-c3ccc4ccccc4c3)nc(-c3ccc4c(c3)[te]c3ccccc34)n2)cc1. The van der Waals surface area contributed by atoms with E-state index in [-0.39, 0.29) is 0 Å². The molecule has 4 heteroatoms. The number of hydrogen-bond acceptors (Lipinski definition) is 3. The topological polar surface area (TPSA) is 38.7 Å². The molecule has 0 aliphatic carbocycles. The van der Waals surface area contributed by atoms with Crippen LogP contribution in [0.4, 0.5) is 0 Å². The van der Waals surface area contributed by atoms with E-state index in [0.29, 0.717) is 17.5 Å². The standard InChI is InChI=1S/C31H19N3Te/c1-2-9-21(10-3-1)29-32-30(23-15-14-20-8-4-5-11-22(20)18-23)34-31(33-29)24-16-17-26-25-12-6-7-13-27(25)35-28(26)19-24/h1-19H. The molecule has 164 valence electrons. The molecular formula is C31H19N3Te. The second-order valence-corrected chi connectivity index (χ2v) is 11.6. The van der Waals surface area contributed by atoms with Crippen molar-refractivity contribution in [2.75, 3.05) is 0 Å². The molecule has 7 aromatic rings. The summed E-state index contributed by atoms with van der Waals surface area (Å²) in [5.74, 6) is 2.10. The van der Waals surface area contributed by atoms with Crippen LogP contribution in [0, 0.1) is 0 Å². The third kappa shape index (κ3) is 3.72. The zero-order chi connectivity index (χ0) is 23.2. The number of nitrogens with zero attached hydrogens (tertiary/aromatic N) is 3. The van der Waals surface area contributed by atoms with Crippen molar-refractivity contribution in [3.05, 3.63) is 115 Å². The van der Waals surface area contributed by atoms with Crippen molar-refractivity contribution in [2.24, 2.45) is 0 Å². The Kier molecular flexibility index (Phi) is 4.94. The van der Waals surface area contributed by atoms with E-state index in [1.165, 1.54) is 28.3 Å². The molecule has 3 nitrogen and oxygen atoms in total. The summed E-state index contributed by atoms with van der Waals surface area (Å²) in [5, 5.41) is 5.12.